The van der Waals surface area contributed by atoms with Crippen LogP contribution in [-0.2, 0) is 6.54 Å². The Morgan fingerprint density at radius 3 is 2.40 bits per heavy atom. The molecule has 2 N–H and O–H groups in total. The van der Waals surface area contributed by atoms with E-state index in [2.05, 4.69) is 39.4 Å². The summed E-state index contributed by atoms with van der Waals surface area (Å²) >= 11 is 0. The van der Waals surface area contributed by atoms with Crippen LogP contribution in [0.2, 0.25) is 0 Å². The van der Waals surface area contributed by atoms with Crippen LogP contribution in [0.25, 0.3) is 0 Å². The van der Waals surface area contributed by atoms with Crippen LogP contribution < -0.4 is 10.6 Å². The summed E-state index contributed by atoms with van der Waals surface area (Å²) in [5.41, 5.74) is 4.74. The highest BCUT2D eigenvalue weighted by Gasteiger charge is 2.07. The Balaban J connectivity index is 1.61. The molecule has 0 aliphatic carbocycles. The van der Waals surface area contributed by atoms with Crippen molar-refractivity contribution < 1.29 is 4.79 Å². The van der Waals surface area contributed by atoms with E-state index in [4.69, 9.17) is 0 Å². The summed E-state index contributed by atoms with van der Waals surface area (Å²) in [5.74, 6) is 0.239. The summed E-state index contributed by atoms with van der Waals surface area (Å²) in [4.78, 5) is 24.5. The van der Waals surface area contributed by atoms with E-state index in [0.717, 1.165) is 11.3 Å². The third-order valence-electron chi connectivity index (χ3n) is 3.88. The van der Waals surface area contributed by atoms with Crippen molar-refractivity contribution in [3.63, 3.8) is 0 Å². The quantitative estimate of drug-likeness (QED) is 0.750. The van der Waals surface area contributed by atoms with Gasteiger partial charge >= 0.3 is 0 Å². The highest BCUT2D eigenvalue weighted by Crippen LogP contribution is 2.17. The second-order valence-corrected chi connectivity index (χ2v) is 5.76. The van der Waals surface area contributed by atoms with Crippen LogP contribution in [0.1, 0.15) is 27.0 Å². The minimum absolute atomic E-state index is 0.213. The van der Waals surface area contributed by atoms with Gasteiger partial charge in [-0.2, -0.15) is 0 Å². The molecule has 0 saturated carbocycles. The van der Waals surface area contributed by atoms with Crippen LogP contribution in [-0.4, -0.2) is 20.9 Å². The average Bonchev–Trinajstić information content (AvgIpc) is 2.64. The fraction of sp³-hybridized carbons (Fsp3) is 0.158. The van der Waals surface area contributed by atoms with E-state index in [1.165, 1.54) is 23.5 Å². The first-order chi connectivity index (χ1) is 12.1. The van der Waals surface area contributed by atoms with Gasteiger partial charge in [0.1, 0.15) is 0 Å². The van der Waals surface area contributed by atoms with E-state index >= 15 is 0 Å². The number of hydrogen-bond donors (Lipinski definition) is 2. The molecule has 0 aliphatic heterocycles. The number of amides is 1. The minimum Gasteiger partial charge on any atom is -0.348 e. The van der Waals surface area contributed by atoms with Gasteiger partial charge in [0, 0.05) is 37.0 Å². The lowest BCUT2D eigenvalue weighted by atomic mass is 10.1. The molecule has 0 saturated heterocycles. The molecule has 0 fully saturated rings. The molecule has 1 aromatic carbocycles. The Bertz CT molecular complexity index is 863. The van der Waals surface area contributed by atoms with Gasteiger partial charge in [-0.05, 0) is 54.8 Å². The van der Waals surface area contributed by atoms with Crippen LogP contribution >= 0.6 is 0 Å². The van der Waals surface area contributed by atoms with E-state index < -0.39 is 0 Å². The maximum atomic E-state index is 12.1. The standard InChI is InChI=1S/C19H19N5O/c1-13-3-4-17(9-14(13)2)24-19-22-11-16(12-23-19)18(25)21-10-15-5-7-20-8-6-15/h3-9,11-12H,10H2,1-2H3,(H,21,25)(H,22,23,24). The molecule has 1 amide bonds. The summed E-state index contributed by atoms with van der Waals surface area (Å²) in [7, 11) is 0. The van der Waals surface area contributed by atoms with Crippen molar-refractivity contribution in [3.8, 4) is 0 Å². The van der Waals surface area contributed by atoms with Crippen LogP contribution in [0.3, 0.4) is 0 Å². The van der Waals surface area contributed by atoms with Gasteiger partial charge in [0.15, 0.2) is 0 Å². The van der Waals surface area contributed by atoms with E-state index in [1.54, 1.807) is 12.4 Å². The fourth-order valence-corrected chi connectivity index (χ4v) is 2.24. The Morgan fingerprint density at radius 1 is 1.00 bits per heavy atom. The molecule has 0 unspecified atom stereocenters. The van der Waals surface area contributed by atoms with Crippen LogP contribution in [0.5, 0.6) is 0 Å². The molecule has 126 valence electrons. The molecule has 6 nitrogen and oxygen atoms in total. The molecule has 0 bridgehead atoms. The average molecular weight is 333 g/mol. The van der Waals surface area contributed by atoms with Gasteiger partial charge in [-0.15, -0.1) is 0 Å². The van der Waals surface area contributed by atoms with Crippen molar-refractivity contribution in [3.05, 3.63) is 77.4 Å². The van der Waals surface area contributed by atoms with Crippen molar-refractivity contribution in [2.45, 2.75) is 20.4 Å². The molecular formula is C19H19N5O. The summed E-state index contributed by atoms with van der Waals surface area (Å²) < 4.78 is 0. The van der Waals surface area contributed by atoms with Crippen molar-refractivity contribution >= 4 is 17.5 Å². The highest BCUT2D eigenvalue weighted by atomic mass is 16.1. The maximum absolute atomic E-state index is 12.1. The molecule has 3 rings (SSSR count). The molecule has 0 atom stereocenters. The maximum Gasteiger partial charge on any atom is 0.254 e. The summed E-state index contributed by atoms with van der Waals surface area (Å²) in [6, 6.07) is 9.76. The van der Waals surface area contributed by atoms with E-state index in [1.807, 2.05) is 30.3 Å². The van der Waals surface area contributed by atoms with Gasteiger partial charge in [0.2, 0.25) is 5.95 Å². The number of hydrogen-bond acceptors (Lipinski definition) is 5. The normalized spacial score (nSPS) is 10.3. The van der Waals surface area contributed by atoms with Crippen molar-refractivity contribution in [1.29, 1.82) is 0 Å². The van der Waals surface area contributed by atoms with Gasteiger partial charge in [0.25, 0.3) is 5.91 Å². The van der Waals surface area contributed by atoms with Crippen molar-refractivity contribution in [2.24, 2.45) is 0 Å². The summed E-state index contributed by atoms with van der Waals surface area (Å²) in [6.07, 6.45) is 6.41. The molecule has 2 aromatic heterocycles. The summed E-state index contributed by atoms with van der Waals surface area (Å²) in [5, 5.41) is 5.97. The number of aromatic nitrogens is 3. The lowest BCUT2D eigenvalue weighted by molar-refractivity contribution is 0.0950. The first-order valence-electron chi connectivity index (χ1n) is 7.95. The topological polar surface area (TPSA) is 79.8 Å². The molecule has 6 heteroatoms. The second kappa shape index (κ2) is 7.53. The zero-order valence-electron chi connectivity index (χ0n) is 14.2. The van der Waals surface area contributed by atoms with Crippen LogP contribution in [0.4, 0.5) is 11.6 Å². The van der Waals surface area contributed by atoms with Gasteiger partial charge in [0.05, 0.1) is 5.56 Å². The number of carbonyl (C=O) groups excluding carboxylic acids is 1. The molecule has 3 aromatic rings. The molecular weight excluding hydrogens is 314 g/mol. The third-order valence-corrected chi connectivity index (χ3v) is 3.88. The predicted octanol–water partition coefficient (Wildman–Crippen LogP) is 3.16. The first kappa shape index (κ1) is 16.6. The second-order valence-electron chi connectivity index (χ2n) is 5.76. The molecule has 0 spiro atoms. The van der Waals surface area contributed by atoms with Gasteiger partial charge in [-0.3, -0.25) is 9.78 Å². The lowest BCUT2D eigenvalue weighted by Gasteiger charge is -2.08. The van der Waals surface area contributed by atoms with Gasteiger partial charge in [-0.1, -0.05) is 6.07 Å². The molecule has 2 heterocycles. The SMILES string of the molecule is Cc1ccc(Nc2ncc(C(=O)NCc3ccncc3)cn2)cc1C. The van der Waals surface area contributed by atoms with Crippen molar-refractivity contribution in [1.82, 2.24) is 20.3 Å². The van der Waals surface area contributed by atoms with Crippen LogP contribution in [0, 0.1) is 13.8 Å². The largest absolute Gasteiger partial charge is 0.348 e. The third kappa shape index (κ3) is 4.38. The molecule has 0 radical (unpaired) electrons. The number of aryl methyl sites for hydroxylation is 2. The van der Waals surface area contributed by atoms with Crippen molar-refractivity contribution in [2.75, 3.05) is 5.32 Å². The zero-order chi connectivity index (χ0) is 17.6. The first-order valence-corrected chi connectivity index (χ1v) is 7.95. The van der Waals surface area contributed by atoms with Gasteiger partial charge in [-0.25, -0.2) is 9.97 Å². The molecule has 25 heavy (non-hydrogen) atoms. The Kier molecular flexibility index (Phi) is 4.99. The number of rotatable bonds is 5. The monoisotopic (exact) mass is 333 g/mol. The Labute approximate surface area is 146 Å². The predicted molar refractivity (Wildman–Crippen MR) is 96.6 cm³/mol. The van der Waals surface area contributed by atoms with E-state index in [9.17, 15) is 4.79 Å². The number of pyridine rings is 1. The van der Waals surface area contributed by atoms with E-state index in [-0.39, 0.29) is 5.91 Å². The number of nitrogens with zero attached hydrogens (tertiary/aromatic N) is 3. The number of anilines is 2. The number of benzene rings is 1. The number of nitrogens with one attached hydrogen (secondary N) is 2. The minimum atomic E-state index is -0.213. The van der Waals surface area contributed by atoms with Crippen LogP contribution in [0.15, 0.2) is 55.1 Å². The zero-order valence-corrected chi connectivity index (χ0v) is 14.2. The number of carbonyl (C=O) groups is 1. The highest BCUT2D eigenvalue weighted by molar-refractivity contribution is 5.93. The Hall–Kier alpha value is -3.28. The fourth-order valence-electron chi connectivity index (χ4n) is 2.24. The Morgan fingerprint density at radius 2 is 1.72 bits per heavy atom. The smallest absolute Gasteiger partial charge is 0.254 e. The molecule has 0 aliphatic rings. The summed E-state index contributed by atoms with van der Waals surface area (Å²) in [6.45, 7) is 4.55. The van der Waals surface area contributed by atoms with E-state index in [0.29, 0.717) is 18.1 Å². The van der Waals surface area contributed by atoms with Gasteiger partial charge < -0.3 is 10.6 Å². The lowest BCUT2D eigenvalue weighted by Crippen LogP contribution is -2.23.